The second-order valence-electron chi connectivity index (χ2n) is 11.6. The maximum atomic E-state index is 13.2. The van der Waals surface area contributed by atoms with Crippen molar-refractivity contribution in [3.05, 3.63) is 53.6 Å². The second kappa shape index (κ2) is 7.91. The lowest BCUT2D eigenvalue weighted by Crippen LogP contribution is -2.47. The summed E-state index contributed by atoms with van der Waals surface area (Å²) in [6.07, 6.45) is 13.2. The highest BCUT2D eigenvalue weighted by Crippen LogP contribution is 2.61. The summed E-state index contributed by atoms with van der Waals surface area (Å²) in [6, 6.07) is 8.74. The molecule has 4 saturated carbocycles. The van der Waals surface area contributed by atoms with Crippen LogP contribution in [0.1, 0.15) is 61.8 Å². The number of benzene rings is 1. The molecule has 0 atom stereocenters. The number of carbonyl (C=O) groups excluding carboxylic acids is 1. The molecule has 4 fully saturated rings. The fraction of sp³-hybridized carbons (Fsp3) is 0.536. The SMILES string of the molecule is O=C(CC12CC3CC(CC(C3)C1)C2)Nc1ncnc2c1CCN(Cc1ccc3[nH]ccc3c1)C2. The van der Waals surface area contributed by atoms with Crippen molar-refractivity contribution in [2.75, 3.05) is 11.9 Å². The third-order valence-electron chi connectivity index (χ3n) is 9.07. The molecule has 1 aromatic carbocycles. The Morgan fingerprint density at radius 1 is 1.09 bits per heavy atom. The van der Waals surface area contributed by atoms with E-state index >= 15 is 0 Å². The van der Waals surface area contributed by atoms with E-state index < -0.39 is 0 Å². The molecule has 0 unspecified atom stereocenters. The zero-order valence-electron chi connectivity index (χ0n) is 19.7. The predicted octanol–water partition coefficient (Wildman–Crippen LogP) is 5.06. The number of carbonyl (C=O) groups is 1. The summed E-state index contributed by atoms with van der Waals surface area (Å²) in [5.41, 5.74) is 4.92. The molecule has 5 aliphatic rings. The van der Waals surface area contributed by atoms with E-state index in [9.17, 15) is 4.79 Å². The number of rotatable bonds is 5. The Kier molecular flexibility index (Phi) is 4.80. The first-order valence-electron chi connectivity index (χ1n) is 13.0. The van der Waals surface area contributed by atoms with Gasteiger partial charge in [-0.3, -0.25) is 9.69 Å². The zero-order chi connectivity index (χ0) is 22.7. The molecule has 34 heavy (non-hydrogen) atoms. The zero-order valence-corrected chi connectivity index (χ0v) is 19.7. The van der Waals surface area contributed by atoms with Crippen LogP contribution >= 0.6 is 0 Å². The van der Waals surface area contributed by atoms with E-state index in [2.05, 4.69) is 49.4 Å². The Morgan fingerprint density at radius 2 is 1.88 bits per heavy atom. The molecule has 6 heteroatoms. The van der Waals surface area contributed by atoms with Crippen molar-refractivity contribution in [2.45, 2.75) is 64.5 Å². The first-order chi connectivity index (χ1) is 16.6. The molecule has 1 amide bonds. The van der Waals surface area contributed by atoms with E-state index in [1.165, 1.54) is 55.0 Å². The van der Waals surface area contributed by atoms with Crippen molar-refractivity contribution < 1.29 is 4.79 Å². The van der Waals surface area contributed by atoms with Crippen molar-refractivity contribution in [1.82, 2.24) is 19.9 Å². The van der Waals surface area contributed by atoms with E-state index in [1.54, 1.807) is 6.33 Å². The summed E-state index contributed by atoms with van der Waals surface area (Å²) in [5.74, 6) is 3.51. The van der Waals surface area contributed by atoms with Gasteiger partial charge in [0.05, 0.1) is 5.69 Å². The molecule has 4 bridgehead atoms. The first-order valence-corrected chi connectivity index (χ1v) is 13.0. The lowest BCUT2D eigenvalue weighted by Gasteiger charge is -2.56. The van der Waals surface area contributed by atoms with Gasteiger partial charge in [0.2, 0.25) is 5.91 Å². The third kappa shape index (κ3) is 3.72. The molecule has 8 rings (SSSR count). The van der Waals surface area contributed by atoms with E-state index in [0.29, 0.717) is 6.42 Å². The van der Waals surface area contributed by atoms with Crippen LogP contribution in [-0.2, 0) is 24.3 Å². The van der Waals surface area contributed by atoms with Crippen LogP contribution in [0.15, 0.2) is 36.8 Å². The summed E-state index contributed by atoms with van der Waals surface area (Å²) in [5, 5.41) is 4.47. The molecule has 0 radical (unpaired) electrons. The minimum atomic E-state index is 0.157. The Hall–Kier alpha value is -2.73. The molecule has 0 spiro atoms. The topological polar surface area (TPSA) is 73.9 Å². The van der Waals surface area contributed by atoms with E-state index in [1.807, 2.05) is 6.20 Å². The Morgan fingerprint density at radius 3 is 2.68 bits per heavy atom. The standard InChI is InChI=1S/C28H33N5O/c34-26(14-28-11-19-7-20(12-28)9-21(8-19)13-28)32-27-23-4-6-33(16-25(23)30-17-31-27)15-18-1-2-24-22(10-18)3-5-29-24/h1-3,5,10,17,19-21,29H,4,6-9,11-16H2,(H,30,31,32,34). The minimum absolute atomic E-state index is 0.157. The molecule has 1 aliphatic heterocycles. The summed E-state index contributed by atoms with van der Waals surface area (Å²) in [7, 11) is 0. The fourth-order valence-corrected chi connectivity index (χ4v) is 8.13. The van der Waals surface area contributed by atoms with Crippen LogP contribution in [0, 0.1) is 23.2 Å². The smallest absolute Gasteiger partial charge is 0.226 e. The van der Waals surface area contributed by atoms with Gasteiger partial charge in [-0.15, -0.1) is 0 Å². The largest absolute Gasteiger partial charge is 0.361 e. The molecule has 3 aromatic rings. The summed E-state index contributed by atoms with van der Waals surface area (Å²) in [4.78, 5) is 28.0. The maximum Gasteiger partial charge on any atom is 0.226 e. The molecule has 3 heterocycles. The Balaban J connectivity index is 1.03. The maximum absolute atomic E-state index is 13.2. The number of hydrogen-bond acceptors (Lipinski definition) is 4. The van der Waals surface area contributed by atoms with Crippen molar-refractivity contribution in [1.29, 1.82) is 0 Å². The highest BCUT2D eigenvalue weighted by Gasteiger charge is 2.51. The van der Waals surface area contributed by atoms with Gasteiger partial charge in [-0.1, -0.05) is 6.07 Å². The predicted molar refractivity (Wildman–Crippen MR) is 132 cm³/mol. The molecule has 4 aliphatic carbocycles. The Labute approximate surface area is 200 Å². The molecule has 6 nitrogen and oxygen atoms in total. The molecular weight excluding hydrogens is 422 g/mol. The first kappa shape index (κ1) is 20.6. The summed E-state index contributed by atoms with van der Waals surface area (Å²) >= 11 is 0. The average Bonchev–Trinajstić information content (AvgIpc) is 3.26. The van der Waals surface area contributed by atoms with Gasteiger partial charge in [0.15, 0.2) is 0 Å². The van der Waals surface area contributed by atoms with Gasteiger partial charge in [0.1, 0.15) is 12.1 Å². The lowest BCUT2D eigenvalue weighted by atomic mass is 9.49. The molecule has 0 saturated heterocycles. The fourth-order valence-electron chi connectivity index (χ4n) is 8.13. The van der Waals surface area contributed by atoms with Crippen LogP contribution in [0.2, 0.25) is 0 Å². The quantitative estimate of drug-likeness (QED) is 0.564. The van der Waals surface area contributed by atoms with Crippen LogP contribution in [0.3, 0.4) is 0 Å². The van der Waals surface area contributed by atoms with Crippen molar-refractivity contribution in [3.63, 3.8) is 0 Å². The normalized spacial score (nSPS) is 29.9. The lowest BCUT2D eigenvalue weighted by molar-refractivity contribution is -0.124. The number of aromatic nitrogens is 3. The van der Waals surface area contributed by atoms with E-state index in [4.69, 9.17) is 0 Å². The number of amides is 1. The number of fused-ring (bicyclic) bond motifs is 2. The summed E-state index contributed by atoms with van der Waals surface area (Å²) < 4.78 is 0. The van der Waals surface area contributed by atoms with Crippen LogP contribution in [0.5, 0.6) is 0 Å². The second-order valence-corrected chi connectivity index (χ2v) is 11.6. The number of H-pyrrole nitrogens is 1. The van der Waals surface area contributed by atoms with Crippen LogP contribution in [0.25, 0.3) is 10.9 Å². The van der Waals surface area contributed by atoms with Gasteiger partial charge in [-0.2, -0.15) is 0 Å². The number of hydrogen-bond donors (Lipinski definition) is 2. The third-order valence-corrected chi connectivity index (χ3v) is 9.07. The highest BCUT2D eigenvalue weighted by molar-refractivity contribution is 5.91. The van der Waals surface area contributed by atoms with E-state index in [-0.39, 0.29) is 11.3 Å². The van der Waals surface area contributed by atoms with Crippen molar-refractivity contribution in [2.24, 2.45) is 23.2 Å². The van der Waals surface area contributed by atoms with Gasteiger partial charge in [-0.05, 0) is 97.3 Å². The molecule has 2 N–H and O–H groups in total. The Bertz CT molecular complexity index is 1210. The molecular formula is C28H33N5O. The van der Waals surface area contributed by atoms with Crippen LogP contribution in [0.4, 0.5) is 5.82 Å². The van der Waals surface area contributed by atoms with Gasteiger partial charge >= 0.3 is 0 Å². The van der Waals surface area contributed by atoms with Gasteiger partial charge in [0.25, 0.3) is 0 Å². The highest BCUT2D eigenvalue weighted by atomic mass is 16.1. The van der Waals surface area contributed by atoms with Gasteiger partial charge in [0, 0.05) is 43.3 Å². The molecule has 176 valence electrons. The van der Waals surface area contributed by atoms with Crippen molar-refractivity contribution >= 4 is 22.6 Å². The number of nitrogens with one attached hydrogen (secondary N) is 2. The monoisotopic (exact) mass is 455 g/mol. The average molecular weight is 456 g/mol. The van der Waals surface area contributed by atoms with Crippen molar-refractivity contribution in [3.8, 4) is 0 Å². The number of nitrogens with zero attached hydrogens (tertiary/aromatic N) is 3. The summed E-state index contributed by atoms with van der Waals surface area (Å²) in [6.45, 7) is 2.64. The molecule has 2 aromatic heterocycles. The number of aromatic amines is 1. The van der Waals surface area contributed by atoms with Gasteiger partial charge < -0.3 is 10.3 Å². The van der Waals surface area contributed by atoms with E-state index in [0.717, 1.165) is 60.9 Å². The van der Waals surface area contributed by atoms with Crippen LogP contribution in [-0.4, -0.2) is 32.3 Å². The van der Waals surface area contributed by atoms with Crippen LogP contribution < -0.4 is 5.32 Å². The minimum Gasteiger partial charge on any atom is -0.361 e. The number of anilines is 1. The van der Waals surface area contributed by atoms with Gasteiger partial charge in [-0.25, -0.2) is 9.97 Å².